The van der Waals surface area contributed by atoms with Crippen LogP contribution in [0.4, 0.5) is 0 Å². The van der Waals surface area contributed by atoms with Crippen LogP contribution in [0.15, 0.2) is 27.5 Å². The molecule has 0 fully saturated rings. The van der Waals surface area contributed by atoms with E-state index in [-0.39, 0.29) is 5.43 Å². The molecule has 0 saturated heterocycles. The maximum Gasteiger partial charge on any atom is 0.181 e. The zero-order chi connectivity index (χ0) is 8.43. The van der Waals surface area contributed by atoms with E-state index in [4.69, 9.17) is 0 Å². The van der Waals surface area contributed by atoms with E-state index in [1.165, 1.54) is 0 Å². The van der Waals surface area contributed by atoms with Crippen LogP contribution in [0.1, 0.15) is 11.1 Å². The summed E-state index contributed by atoms with van der Waals surface area (Å²) in [6, 6.07) is 5.24. The minimum absolute atomic E-state index is 0.0822. The van der Waals surface area contributed by atoms with Crippen LogP contribution in [0.5, 0.6) is 0 Å². The predicted molar refractivity (Wildman–Crippen MR) is 49.9 cm³/mol. The highest BCUT2D eigenvalue weighted by atomic mass is 79.9. The van der Waals surface area contributed by atoms with Gasteiger partial charge >= 0.3 is 0 Å². The Hall–Kier alpha value is -0.630. The molecule has 0 aliphatic carbocycles. The highest BCUT2D eigenvalue weighted by Gasteiger charge is 1.93. The van der Waals surface area contributed by atoms with E-state index in [0.29, 0.717) is 0 Å². The lowest BCUT2D eigenvalue weighted by molar-refractivity contribution is 1.39. The molecule has 0 aliphatic heterocycles. The normalized spacial score (nSPS) is 9.73. The molecule has 0 radical (unpaired) electrons. The summed E-state index contributed by atoms with van der Waals surface area (Å²) in [4.78, 5) is 11.1. The predicted octanol–water partition coefficient (Wildman–Crippen LogP) is 2.43. The monoisotopic (exact) mass is 212 g/mol. The van der Waals surface area contributed by atoms with Gasteiger partial charge in [-0.2, -0.15) is 0 Å². The van der Waals surface area contributed by atoms with Gasteiger partial charge in [0, 0.05) is 4.47 Å². The first kappa shape index (κ1) is 8.47. The average molecular weight is 213 g/mol. The van der Waals surface area contributed by atoms with Crippen LogP contribution in [0.2, 0.25) is 0 Å². The van der Waals surface area contributed by atoms with Gasteiger partial charge in [0.15, 0.2) is 5.43 Å². The molecule has 0 spiro atoms. The summed E-state index contributed by atoms with van der Waals surface area (Å²) in [6.07, 6.45) is 0. The van der Waals surface area contributed by atoms with Crippen molar-refractivity contribution in [3.63, 3.8) is 0 Å². The van der Waals surface area contributed by atoms with Crippen LogP contribution >= 0.6 is 15.9 Å². The fourth-order valence-corrected chi connectivity index (χ4v) is 1.12. The number of hydrogen-bond donors (Lipinski definition) is 0. The van der Waals surface area contributed by atoms with E-state index >= 15 is 0 Å². The molecule has 1 aromatic carbocycles. The number of halogens is 1. The molecule has 0 bridgehead atoms. The van der Waals surface area contributed by atoms with Gasteiger partial charge in [0.25, 0.3) is 0 Å². The summed E-state index contributed by atoms with van der Waals surface area (Å²) >= 11 is 3.35. The van der Waals surface area contributed by atoms with E-state index in [9.17, 15) is 4.79 Å². The number of aryl methyl sites for hydroxylation is 2. The van der Waals surface area contributed by atoms with Crippen molar-refractivity contribution < 1.29 is 0 Å². The fourth-order valence-electron chi connectivity index (χ4n) is 0.877. The minimum atomic E-state index is 0.0822. The third-order valence-electron chi connectivity index (χ3n) is 1.58. The molecular weight excluding hydrogens is 204 g/mol. The van der Waals surface area contributed by atoms with Crippen molar-refractivity contribution >= 4 is 15.9 Å². The van der Waals surface area contributed by atoms with Crippen molar-refractivity contribution in [1.29, 1.82) is 0 Å². The maximum absolute atomic E-state index is 11.1. The Kier molecular flexibility index (Phi) is 2.45. The Bertz CT molecular complexity index is 331. The Morgan fingerprint density at radius 2 is 1.82 bits per heavy atom. The van der Waals surface area contributed by atoms with E-state index < -0.39 is 0 Å². The zero-order valence-electron chi connectivity index (χ0n) is 6.52. The molecule has 2 heteroatoms. The summed E-state index contributed by atoms with van der Waals surface area (Å²) in [5.74, 6) is 0. The Morgan fingerprint density at radius 3 is 2.45 bits per heavy atom. The van der Waals surface area contributed by atoms with Crippen molar-refractivity contribution in [3.8, 4) is 0 Å². The molecule has 0 heterocycles. The number of hydrogen-bond acceptors (Lipinski definition) is 1. The van der Waals surface area contributed by atoms with Crippen LogP contribution in [-0.2, 0) is 0 Å². The lowest BCUT2D eigenvalue weighted by Gasteiger charge is -1.87. The summed E-state index contributed by atoms with van der Waals surface area (Å²) in [5.41, 5.74) is 1.96. The topological polar surface area (TPSA) is 17.1 Å². The van der Waals surface area contributed by atoms with Gasteiger partial charge in [-0.25, -0.2) is 0 Å². The Balaban J connectivity index is 3.54. The molecule has 11 heavy (non-hydrogen) atoms. The molecule has 0 atom stereocenters. The second kappa shape index (κ2) is 3.18. The molecule has 58 valence electrons. The molecule has 1 nitrogen and oxygen atoms in total. The highest BCUT2D eigenvalue weighted by Crippen LogP contribution is 2.12. The minimum Gasteiger partial charge on any atom is -0.290 e. The van der Waals surface area contributed by atoms with Crippen molar-refractivity contribution in [1.82, 2.24) is 0 Å². The van der Waals surface area contributed by atoms with Gasteiger partial charge in [-0.15, -0.1) is 0 Å². The second-order valence-electron chi connectivity index (χ2n) is 2.56. The average Bonchev–Trinajstić information content (AvgIpc) is 2.05. The third kappa shape index (κ3) is 1.90. The van der Waals surface area contributed by atoms with Crippen molar-refractivity contribution in [2.75, 3.05) is 0 Å². The molecule has 1 aromatic rings. The molecule has 0 saturated carbocycles. The molecule has 0 amide bonds. The van der Waals surface area contributed by atoms with Gasteiger partial charge in [-0.1, -0.05) is 22.0 Å². The van der Waals surface area contributed by atoms with Crippen molar-refractivity contribution in [2.45, 2.75) is 13.8 Å². The highest BCUT2D eigenvalue weighted by molar-refractivity contribution is 9.10. The van der Waals surface area contributed by atoms with E-state index in [1.807, 2.05) is 19.9 Å². The first-order valence-electron chi connectivity index (χ1n) is 3.38. The lowest BCUT2D eigenvalue weighted by Crippen LogP contribution is -1.96. The third-order valence-corrected chi connectivity index (χ3v) is 2.47. The Labute approximate surface area is 74.2 Å². The molecule has 1 rings (SSSR count). The van der Waals surface area contributed by atoms with Crippen molar-refractivity contribution in [3.05, 3.63) is 44.0 Å². The maximum atomic E-state index is 11.1. The summed E-state index contributed by atoms with van der Waals surface area (Å²) in [5, 5.41) is 0. The van der Waals surface area contributed by atoms with E-state index in [2.05, 4.69) is 15.9 Å². The van der Waals surface area contributed by atoms with Gasteiger partial charge in [0.1, 0.15) is 0 Å². The van der Waals surface area contributed by atoms with Gasteiger partial charge in [-0.05, 0) is 37.1 Å². The first-order valence-corrected chi connectivity index (χ1v) is 4.17. The van der Waals surface area contributed by atoms with E-state index in [1.54, 1.807) is 12.1 Å². The van der Waals surface area contributed by atoms with Crippen LogP contribution < -0.4 is 5.43 Å². The van der Waals surface area contributed by atoms with Gasteiger partial charge in [0.2, 0.25) is 0 Å². The molecule has 0 aliphatic rings. The summed E-state index contributed by atoms with van der Waals surface area (Å²) < 4.78 is 0.975. The smallest absolute Gasteiger partial charge is 0.181 e. The summed E-state index contributed by atoms with van der Waals surface area (Å²) in [7, 11) is 0. The molecule has 0 unspecified atom stereocenters. The molecular formula is C9H9BrO. The SMILES string of the molecule is Cc1cc(C)c(=O)ccc1Br. The lowest BCUT2D eigenvalue weighted by atomic mass is 10.2. The van der Waals surface area contributed by atoms with Crippen LogP contribution in [0.3, 0.4) is 0 Å². The zero-order valence-corrected chi connectivity index (χ0v) is 8.10. The van der Waals surface area contributed by atoms with Gasteiger partial charge in [-0.3, -0.25) is 4.79 Å². The van der Waals surface area contributed by atoms with Crippen LogP contribution in [-0.4, -0.2) is 0 Å². The van der Waals surface area contributed by atoms with Gasteiger partial charge in [0.05, 0.1) is 0 Å². The fraction of sp³-hybridized carbons (Fsp3) is 0.222. The van der Waals surface area contributed by atoms with E-state index in [0.717, 1.165) is 15.6 Å². The molecule has 0 aromatic heterocycles. The second-order valence-corrected chi connectivity index (χ2v) is 3.41. The van der Waals surface area contributed by atoms with Gasteiger partial charge < -0.3 is 0 Å². The quantitative estimate of drug-likeness (QED) is 0.646. The standard InChI is InChI=1S/C9H9BrO/c1-6-5-7(2)9(11)4-3-8(6)10/h3-5H,1-2H3. The molecule has 0 N–H and O–H groups in total. The summed E-state index contributed by atoms with van der Waals surface area (Å²) in [6.45, 7) is 3.79. The number of rotatable bonds is 0. The first-order chi connectivity index (χ1) is 5.11. The van der Waals surface area contributed by atoms with Crippen molar-refractivity contribution in [2.24, 2.45) is 0 Å². The largest absolute Gasteiger partial charge is 0.290 e. The van der Waals surface area contributed by atoms with Crippen LogP contribution in [0.25, 0.3) is 0 Å². The Morgan fingerprint density at radius 1 is 1.18 bits per heavy atom. The van der Waals surface area contributed by atoms with Crippen LogP contribution in [0, 0.1) is 13.8 Å².